The van der Waals surface area contributed by atoms with Gasteiger partial charge in [-0.25, -0.2) is 0 Å². The van der Waals surface area contributed by atoms with E-state index in [0.29, 0.717) is 6.42 Å². The van der Waals surface area contributed by atoms with Gasteiger partial charge in [0.1, 0.15) is 24.2 Å². The molecule has 9 N–H and O–H groups in total. The number of amides is 6. The smallest absolute Gasteiger partial charge is 0.305 e. The highest BCUT2D eigenvalue weighted by molar-refractivity contribution is 6.28. The van der Waals surface area contributed by atoms with Crippen molar-refractivity contribution in [3.05, 3.63) is 0 Å². The van der Waals surface area contributed by atoms with Crippen LogP contribution in [0.5, 0.6) is 0 Å². The van der Waals surface area contributed by atoms with Crippen LogP contribution in [0, 0.1) is 11.8 Å². The van der Waals surface area contributed by atoms with Gasteiger partial charge in [-0.05, 0) is 24.7 Å². The lowest BCUT2D eigenvalue weighted by molar-refractivity contribution is -0.140. The maximum Gasteiger partial charge on any atom is 0.305 e. The summed E-state index contributed by atoms with van der Waals surface area (Å²) in [6.45, 7) is 7.30. The summed E-state index contributed by atoms with van der Waals surface area (Å²) in [4.78, 5) is 98.6. The van der Waals surface area contributed by atoms with Gasteiger partial charge in [0.15, 0.2) is 5.78 Å². The van der Waals surface area contributed by atoms with Gasteiger partial charge in [0.2, 0.25) is 35.4 Å². The van der Waals surface area contributed by atoms with E-state index in [0.717, 1.165) is 0 Å². The summed E-state index contributed by atoms with van der Waals surface area (Å²) in [6, 6.07) is -6.79. The van der Waals surface area contributed by atoms with E-state index in [-0.39, 0.29) is 31.1 Å². The Morgan fingerprint density at radius 2 is 1.27 bits per heavy atom. The largest absolute Gasteiger partial charge is 0.481 e. The number of carboxylic acid groups (broad SMARTS) is 1. The van der Waals surface area contributed by atoms with Gasteiger partial charge >= 0.3 is 5.97 Å². The number of aliphatic hydroxyl groups is 1. The van der Waals surface area contributed by atoms with Gasteiger partial charge in [0, 0.05) is 13.3 Å². The second-order valence-electron chi connectivity index (χ2n) is 10.8. The summed E-state index contributed by atoms with van der Waals surface area (Å²) in [5, 5.41) is 30.8. The van der Waals surface area contributed by atoms with Crippen LogP contribution in [0.2, 0.25) is 0 Å². The topological polar surface area (TPSA) is 263 Å². The molecule has 16 nitrogen and oxygen atoms in total. The quantitative estimate of drug-likeness (QED) is 0.0638. The minimum Gasteiger partial charge on any atom is -0.481 e. The average Bonchev–Trinajstić information content (AvgIpc) is 2.93. The first-order chi connectivity index (χ1) is 20.5. The fourth-order valence-corrected chi connectivity index (χ4v) is 4.15. The van der Waals surface area contributed by atoms with Gasteiger partial charge in [-0.3, -0.25) is 38.4 Å². The van der Waals surface area contributed by atoms with Crippen LogP contribution in [0.3, 0.4) is 0 Å². The number of hydrogen-bond donors (Lipinski definition) is 8. The van der Waals surface area contributed by atoms with Gasteiger partial charge in [-0.2, -0.15) is 0 Å². The zero-order valence-electron chi connectivity index (χ0n) is 25.6. The van der Waals surface area contributed by atoms with Gasteiger partial charge in [-0.1, -0.05) is 34.1 Å². The number of primary amides is 1. The normalized spacial score (nSPS) is 15.0. The second-order valence-corrected chi connectivity index (χ2v) is 11.1. The van der Waals surface area contributed by atoms with Crippen LogP contribution in [0.25, 0.3) is 0 Å². The average molecular weight is 649 g/mol. The molecule has 0 aromatic rings. The van der Waals surface area contributed by atoms with Crippen LogP contribution in [0.15, 0.2) is 0 Å². The van der Waals surface area contributed by atoms with E-state index >= 15 is 0 Å². The number of carbonyl (C=O) groups excluding carboxylic acids is 7. The van der Waals surface area contributed by atoms with Crippen molar-refractivity contribution in [3.63, 3.8) is 0 Å². The molecule has 0 unspecified atom stereocenters. The molecular weight excluding hydrogens is 604 g/mol. The molecular formula is C27H45ClN6O10. The lowest BCUT2D eigenvalue weighted by atomic mass is 9.98. The Morgan fingerprint density at radius 3 is 1.73 bits per heavy atom. The van der Waals surface area contributed by atoms with Crippen molar-refractivity contribution < 1.29 is 48.6 Å². The maximum atomic E-state index is 13.3. The molecule has 0 rings (SSSR count). The highest BCUT2D eigenvalue weighted by Gasteiger charge is 2.33. The number of carboxylic acids is 1. The number of Topliss-reactive ketones (excluding diaryl/α,β-unsaturated/α-hetero) is 1. The molecule has 250 valence electrons. The Morgan fingerprint density at radius 1 is 0.773 bits per heavy atom. The molecule has 0 spiro atoms. The molecule has 0 radical (unpaired) electrons. The molecule has 0 aliphatic carbocycles. The van der Waals surface area contributed by atoms with Gasteiger partial charge in [-0.15, -0.1) is 11.6 Å². The first kappa shape index (κ1) is 40.2. The number of carbonyl (C=O) groups is 8. The third-order valence-electron chi connectivity index (χ3n) is 6.54. The monoisotopic (exact) mass is 648 g/mol. The molecule has 0 fully saturated rings. The Kier molecular flexibility index (Phi) is 18.5. The maximum absolute atomic E-state index is 13.3. The third kappa shape index (κ3) is 15.1. The van der Waals surface area contributed by atoms with Gasteiger partial charge < -0.3 is 42.5 Å². The molecule has 0 aromatic heterocycles. The van der Waals surface area contributed by atoms with E-state index in [1.54, 1.807) is 27.7 Å². The van der Waals surface area contributed by atoms with Crippen molar-refractivity contribution in [2.75, 3.05) is 12.5 Å². The summed E-state index contributed by atoms with van der Waals surface area (Å²) in [7, 11) is 0. The van der Waals surface area contributed by atoms with Crippen LogP contribution in [0.1, 0.15) is 66.7 Å². The number of aliphatic carboxylic acids is 1. The lowest BCUT2D eigenvalue weighted by Crippen LogP contribution is -2.60. The van der Waals surface area contributed by atoms with Crippen molar-refractivity contribution in [2.24, 2.45) is 17.6 Å². The lowest BCUT2D eigenvalue weighted by Gasteiger charge is -2.27. The number of alkyl halides is 1. The molecule has 0 aliphatic heterocycles. The van der Waals surface area contributed by atoms with Crippen molar-refractivity contribution >= 4 is 58.8 Å². The fraction of sp³-hybridized carbons (Fsp3) is 0.704. The Labute approximate surface area is 261 Å². The van der Waals surface area contributed by atoms with Crippen molar-refractivity contribution in [1.82, 2.24) is 26.6 Å². The predicted molar refractivity (Wildman–Crippen MR) is 158 cm³/mol. The minimum atomic E-state index is -1.56. The number of nitrogens with one attached hydrogen (secondary N) is 5. The Bertz CT molecular complexity index is 1060. The van der Waals surface area contributed by atoms with E-state index in [9.17, 15) is 43.5 Å². The van der Waals surface area contributed by atoms with Crippen molar-refractivity contribution in [3.8, 4) is 0 Å². The van der Waals surface area contributed by atoms with Crippen LogP contribution in [-0.2, 0) is 38.4 Å². The number of ketones is 1. The molecule has 17 heteroatoms. The summed E-state index contributed by atoms with van der Waals surface area (Å²) < 4.78 is 0. The minimum absolute atomic E-state index is 0.0401. The van der Waals surface area contributed by atoms with Crippen LogP contribution < -0.4 is 32.3 Å². The third-order valence-corrected chi connectivity index (χ3v) is 6.80. The molecule has 6 atom stereocenters. The molecule has 0 saturated carbocycles. The molecule has 0 aliphatic rings. The van der Waals surface area contributed by atoms with Gasteiger partial charge in [0.25, 0.3) is 0 Å². The first-order valence-electron chi connectivity index (χ1n) is 14.1. The van der Waals surface area contributed by atoms with Gasteiger partial charge in [0.05, 0.1) is 24.9 Å². The molecule has 0 heterocycles. The Balaban J connectivity index is 5.98. The predicted octanol–water partition coefficient (Wildman–Crippen LogP) is -1.94. The standard InChI is InChI=1S/C27H45ClN6O10/c1-6-14(4)23(30-15(5)36)27(44)34-19(12-35)26(43)31-16(7-8-21(29)38)24(41)33-18(9-13(2)3)25(42)32-17(10-22(39)40)20(37)11-28/h13-14,16-19,23,35H,6-12H2,1-5H3,(H2,29,38)(H,30,36)(H,31,43)(H,32,42)(H,33,41)(H,34,44)(H,39,40)/t14-,16-,17-,18-,19-,23-/m0/s1. The molecule has 6 amide bonds. The second kappa shape index (κ2) is 20.2. The zero-order valence-corrected chi connectivity index (χ0v) is 26.4. The highest BCUT2D eigenvalue weighted by Crippen LogP contribution is 2.10. The number of aliphatic hydroxyl groups excluding tert-OH is 1. The molecule has 0 saturated heterocycles. The van der Waals surface area contributed by atoms with Crippen molar-refractivity contribution in [2.45, 2.75) is 96.9 Å². The first-order valence-corrected chi connectivity index (χ1v) is 14.7. The van der Waals surface area contributed by atoms with Crippen molar-refractivity contribution in [1.29, 1.82) is 0 Å². The van der Waals surface area contributed by atoms with Crippen LogP contribution >= 0.6 is 11.6 Å². The van der Waals surface area contributed by atoms with Crippen LogP contribution in [0.4, 0.5) is 0 Å². The number of halogens is 1. The van der Waals surface area contributed by atoms with Crippen LogP contribution in [-0.4, -0.2) is 100 Å². The highest BCUT2D eigenvalue weighted by atomic mass is 35.5. The summed E-state index contributed by atoms with van der Waals surface area (Å²) in [6.07, 6.45) is -0.878. The molecule has 44 heavy (non-hydrogen) atoms. The van der Waals surface area contributed by atoms with E-state index in [1.807, 2.05) is 0 Å². The SMILES string of the molecule is CC[C@H](C)[C@H](NC(C)=O)C(=O)N[C@@H](CO)C(=O)N[C@@H](CCC(N)=O)C(=O)N[C@@H](CC(C)C)C(=O)N[C@@H](CC(=O)O)C(=O)CCl. The summed E-state index contributed by atoms with van der Waals surface area (Å²) in [5.74, 6) is -8.05. The molecule has 0 aromatic carbocycles. The zero-order chi connectivity index (χ0) is 34.1. The van der Waals surface area contributed by atoms with E-state index < -0.39 is 96.3 Å². The fourth-order valence-electron chi connectivity index (χ4n) is 3.96. The van der Waals surface area contributed by atoms with E-state index in [1.165, 1.54) is 6.92 Å². The van der Waals surface area contributed by atoms with E-state index in [4.69, 9.17) is 22.4 Å². The molecule has 0 bridgehead atoms. The number of hydrogen-bond acceptors (Lipinski definition) is 9. The van der Waals surface area contributed by atoms with E-state index in [2.05, 4.69) is 26.6 Å². The summed E-state index contributed by atoms with van der Waals surface area (Å²) >= 11 is 5.54. The number of nitrogens with two attached hydrogens (primary N) is 1. The Hall–Kier alpha value is -3.79. The summed E-state index contributed by atoms with van der Waals surface area (Å²) in [5.41, 5.74) is 5.22. The number of rotatable bonds is 21.